The fourth-order valence-electron chi connectivity index (χ4n) is 4.98. The molecule has 0 bridgehead atoms. The molecule has 1 fully saturated rings. The molecule has 0 N–H and O–H groups in total. The Morgan fingerprint density at radius 1 is 0.538 bits per heavy atom. The zero-order valence-corrected chi connectivity index (χ0v) is 15.6. The molecule has 1 radical (unpaired) electrons. The van der Waals surface area contributed by atoms with E-state index in [2.05, 4.69) is 54.6 Å². The Balaban J connectivity index is 1.59. The molecule has 0 heterocycles. The van der Waals surface area contributed by atoms with Gasteiger partial charge in [-0.2, -0.15) is 0 Å². The van der Waals surface area contributed by atoms with Crippen molar-refractivity contribution in [3.63, 3.8) is 0 Å². The molecule has 0 saturated heterocycles. The van der Waals surface area contributed by atoms with E-state index in [1.165, 1.54) is 95.7 Å². The Labute approximate surface area is 156 Å². The van der Waals surface area contributed by atoms with E-state index < -0.39 is 0 Å². The van der Waals surface area contributed by atoms with E-state index in [0.29, 0.717) is 0 Å². The lowest BCUT2D eigenvalue weighted by Crippen LogP contribution is -2.03. The number of hydrogen-bond acceptors (Lipinski definition) is 0. The predicted molar refractivity (Wildman–Crippen MR) is 114 cm³/mol. The molecule has 5 rings (SSSR count). The second kappa shape index (κ2) is 6.91. The molecule has 4 aromatic rings. The van der Waals surface area contributed by atoms with Crippen molar-refractivity contribution in [2.45, 2.75) is 57.8 Å². The van der Waals surface area contributed by atoms with Crippen LogP contribution in [0.15, 0.2) is 54.6 Å². The molecule has 0 aliphatic heterocycles. The van der Waals surface area contributed by atoms with Crippen molar-refractivity contribution in [3.05, 3.63) is 66.1 Å². The van der Waals surface area contributed by atoms with Crippen LogP contribution in [0, 0.1) is 5.92 Å². The average Bonchev–Trinajstić information content (AvgIpc) is 2.81. The smallest absolute Gasteiger partial charge is 0.00240 e. The summed E-state index contributed by atoms with van der Waals surface area (Å²) in [6.45, 7) is 0. The Kier molecular flexibility index (Phi) is 4.28. The van der Waals surface area contributed by atoms with Gasteiger partial charge in [-0.3, -0.25) is 0 Å². The fraction of sp³-hybridized carbons (Fsp3) is 0.346. The van der Waals surface area contributed by atoms with E-state index in [1.54, 1.807) is 5.92 Å². The molecule has 0 aromatic heterocycles. The van der Waals surface area contributed by atoms with Crippen molar-refractivity contribution in [2.24, 2.45) is 0 Å². The normalized spacial score (nSPS) is 17.5. The van der Waals surface area contributed by atoms with Crippen LogP contribution >= 0.6 is 0 Å². The summed E-state index contributed by atoms with van der Waals surface area (Å²) in [7, 11) is 0. The zero-order chi connectivity index (χ0) is 17.3. The molecular weight excluding hydrogens is 312 g/mol. The van der Waals surface area contributed by atoms with Crippen molar-refractivity contribution in [1.82, 2.24) is 0 Å². The first-order chi connectivity index (χ1) is 12.9. The fourth-order valence-corrected chi connectivity index (χ4v) is 4.98. The summed E-state index contributed by atoms with van der Waals surface area (Å²) in [5.41, 5.74) is 1.53. The van der Waals surface area contributed by atoms with Gasteiger partial charge in [0.15, 0.2) is 0 Å². The lowest BCUT2D eigenvalue weighted by Gasteiger charge is -2.18. The van der Waals surface area contributed by atoms with Gasteiger partial charge in [-0.15, -0.1) is 0 Å². The van der Waals surface area contributed by atoms with Gasteiger partial charge in [0.2, 0.25) is 0 Å². The second-order valence-electron chi connectivity index (χ2n) is 8.13. The van der Waals surface area contributed by atoms with Crippen molar-refractivity contribution >= 4 is 32.3 Å². The largest absolute Gasteiger partial charge is 0.0610 e. The maximum Gasteiger partial charge on any atom is -0.00240 e. The Hall–Kier alpha value is -2.08. The highest BCUT2D eigenvalue weighted by molar-refractivity contribution is 6.23. The molecule has 0 nitrogen and oxygen atoms in total. The molecule has 0 unspecified atom stereocenters. The summed E-state index contributed by atoms with van der Waals surface area (Å²) in [6, 6.07) is 20.7. The van der Waals surface area contributed by atoms with E-state index >= 15 is 0 Å². The van der Waals surface area contributed by atoms with Gasteiger partial charge in [-0.05, 0) is 63.1 Å². The van der Waals surface area contributed by atoms with Crippen LogP contribution in [0.1, 0.15) is 56.9 Å². The van der Waals surface area contributed by atoms with Crippen LogP contribution in [0.4, 0.5) is 0 Å². The van der Waals surface area contributed by atoms with Crippen molar-refractivity contribution < 1.29 is 0 Å². The standard InChI is InChI=1S/C26H27/c1-2-4-6-9-19(8-5-3-1)18-23-15-14-22-13-12-20-10-7-11-21-16-17-24(23)26(22)25(20)21/h7,10-17H,1-6,8-9,18H2. The van der Waals surface area contributed by atoms with E-state index in [9.17, 15) is 0 Å². The van der Waals surface area contributed by atoms with Crippen LogP contribution in [0.2, 0.25) is 0 Å². The monoisotopic (exact) mass is 339 g/mol. The minimum Gasteiger partial charge on any atom is -0.0610 e. The predicted octanol–water partition coefficient (Wildman–Crippen LogP) is 7.84. The van der Waals surface area contributed by atoms with Crippen molar-refractivity contribution in [3.8, 4) is 0 Å². The molecule has 0 amide bonds. The first-order valence-electron chi connectivity index (χ1n) is 10.4. The molecule has 0 atom stereocenters. The van der Waals surface area contributed by atoms with Crippen LogP contribution in [0.25, 0.3) is 32.3 Å². The molecule has 4 aromatic carbocycles. The zero-order valence-electron chi connectivity index (χ0n) is 15.6. The summed E-state index contributed by atoms with van der Waals surface area (Å²) in [4.78, 5) is 0. The summed E-state index contributed by atoms with van der Waals surface area (Å²) < 4.78 is 0. The molecule has 1 aliphatic carbocycles. The Morgan fingerprint density at radius 2 is 1.12 bits per heavy atom. The Bertz CT molecular complexity index is 1000. The third-order valence-electron chi connectivity index (χ3n) is 6.37. The molecule has 26 heavy (non-hydrogen) atoms. The lowest BCUT2D eigenvalue weighted by atomic mass is 9.86. The number of hydrogen-bond donors (Lipinski definition) is 0. The maximum absolute atomic E-state index is 2.39. The van der Waals surface area contributed by atoms with Crippen molar-refractivity contribution in [2.75, 3.05) is 0 Å². The third kappa shape index (κ3) is 2.86. The lowest BCUT2D eigenvalue weighted by molar-refractivity contribution is 0.624. The number of benzene rings is 4. The molecular formula is C26H27. The van der Waals surface area contributed by atoms with Gasteiger partial charge in [-0.25, -0.2) is 0 Å². The van der Waals surface area contributed by atoms with Gasteiger partial charge in [0.05, 0.1) is 0 Å². The summed E-state index contributed by atoms with van der Waals surface area (Å²) in [5.74, 6) is 1.78. The molecule has 131 valence electrons. The van der Waals surface area contributed by atoms with Crippen LogP contribution < -0.4 is 0 Å². The summed E-state index contributed by atoms with van der Waals surface area (Å²) >= 11 is 0. The van der Waals surface area contributed by atoms with E-state index in [-0.39, 0.29) is 0 Å². The topological polar surface area (TPSA) is 0 Å². The van der Waals surface area contributed by atoms with E-state index in [4.69, 9.17) is 0 Å². The SMILES string of the molecule is c1cc2ccc3ccc(C[C]4CCCCCCCC4)c4ccc(c1)c2c34. The van der Waals surface area contributed by atoms with Crippen LogP contribution in [-0.4, -0.2) is 0 Å². The van der Waals surface area contributed by atoms with E-state index in [0.717, 1.165) is 0 Å². The van der Waals surface area contributed by atoms with Gasteiger partial charge in [0.1, 0.15) is 0 Å². The highest BCUT2D eigenvalue weighted by Crippen LogP contribution is 2.37. The van der Waals surface area contributed by atoms with E-state index in [1.807, 2.05) is 0 Å². The van der Waals surface area contributed by atoms with Crippen molar-refractivity contribution in [1.29, 1.82) is 0 Å². The number of rotatable bonds is 2. The van der Waals surface area contributed by atoms with Gasteiger partial charge in [0, 0.05) is 0 Å². The van der Waals surface area contributed by atoms with Gasteiger partial charge < -0.3 is 0 Å². The maximum atomic E-state index is 2.39. The first kappa shape index (κ1) is 16.1. The quantitative estimate of drug-likeness (QED) is 0.326. The average molecular weight is 340 g/mol. The van der Waals surface area contributed by atoms with Gasteiger partial charge in [-0.1, -0.05) is 93.1 Å². The second-order valence-corrected chi connectivity index (χ2v) is 8.13. The minimum absolute atomic E-state index is 1.17. The summed E-state index contributed by atoms with van der Waals surface area (Å²) in [5, 5.41) is 8.51. The minimum atomic E-state index is 1.17. The Morgan fingerprint density at radius 3 is 1.85 bits per heavy atom. The van der Waals surface area contributed by atoms with Gasteiger partial charge in [0.25, 0.3) is 0 Å². The first-order valence-corrected chi connectivity index (χ1v) is 10.4. The highest BCUT2D eigenvalue weighted by Gasteiger charge is 2.16. The van der Waals surface area contributed by atoms with Crippen LogP contribution in [-0.2, 0) is 6.42 Å². The summed E-state index contributed by atoms with van der Waals surface area (Å²) in [6.07, 6.45) is 12.3. The third-order valence-corrected chi connectivity index (χ3v) is 6.37. The molecule has 1 aliphatic rings. The molecule has 0 spiro atoms. The highest BCUT2D eigenvalue weighted by atomic mass is 14.2. The van der Waals surface area contributed by atoms with Crippen LogP contribution in [0.3, 0.4) is 0 Å². The molecule has 1 saturated carbocycles. The molecule has 0 heteroatoms. The van der Waals surface area contributed by atoms with Gasteiger partial charge >= 0.3 is 0 Å². The van der Waals surface area contributed by atoms with Crippen LogP contribution in [0.5, 0.6) is 0 Å².